The van der Waals surface area contributed by atoms with Crippen molar-refractivity contribution < 1.29 is 5.11 Å². The Bertz CT molecular complexity index is 302. The van der Waals surface area contributed by atoms with E-state index in [1.54, 1.807) is 11.8 Å². The summed E-state index contributed by atoms with van der Waals surface area (Å²) >= 11 is 7.36. The molecule has 2 nitrogen and oxygen atoms in total. The van der Waals surface area contributed by atoms with Crippen molar-refractivity contribution in [1.82, 2.24) is 4.90 Å². The molecule has 1 unspecified atom stereocenters. The van der Waals surface area contributed by atoms with Crippen molar-refractivity contribution in [2.75, 3.05) is 20.6 Å². The van der Waals surface area contributed by atoms with Gasteiger partial charge in [0.25, 0.3) is 0 Å². The lowest BCUT2D eigenvalue weighted by molar-refractivity contribution is 0.232. The fourth-order valence-electron chi connectivity index (χ4n) is 1.23. The highest BCUT2D eigenvalue weighted by atomic mass is 35.5. The van der Waals surface area contributed by atoms with Crippen LogP contribution in [-0.4, -0.2) is 36.1 Å². The Balaban J connectivity index is 2.26. The normalized spacial score (nSPS) is 13.1. The van der Waals surface area contributed by atoms with Crippen LogP contribution in [0.15, 0.2) is 24.3 Å². The number of halogens is 1. The monoisotopic (exact) mass is 259 g/mol. The quantitative estimate of drug-likeness (QED) is 0.795. The van der Waals surface area contributed by atoms with Crippen molar-refractivity contribution in [3.8, 4) is 0 Å². The van der Waals surface area contributed by atoms with Gasteiger partial charge in [0.05, 0.1) is 0 Å². The van der Waals surface area contributed by atoms with Crippen molar-refractivity contribution in [3.05, 3.63) is 34.9 Å². The number of nitrogens with zero attached hydrogens (tertiary/aromatic N) is 1. The zero-order valence-electron chi connectivity index (χ0n) is 9.69. The number of aliphatic hydroxyl groups excluding tert-OH is 1. The van der Waals surface area contributed by atoms with Crippen LogP contribution in [0.2, 0.25) is 5.02 Å². The highest BCUT2D eigenvalue weighted by Gasteiger charge is 2.05. The predicted molar refractivity (Wildman–Crippen MR) is 71.9 cm³/mol. The van der Waals surface area contributed by atoms with Gasteiger partial charge < -0.3 is 10.0 Å². The summed E-state index contributed by atoms with van der Waals surface area (Å²) in [5, 5.41) is 10.5. The fraction of sp³-hybridized carbons (Fsp3) is 0.500. The molecule has 90 valence electrons. The zero-order valence-corrected chi connectivity index (χ0v) is 11.3. The van der Waals surface area contributed by atoms with E-state index in [4.69, 9.17) is 11.6 Å². The van der Waals surface area contributed by atoms with Gasteiger partial charge in [0, 0.05) is 17.3 Å². The average molecular weight is 260 g/mol. The third kappa shape index (κ3) is 5.75. The van der Waals surface area contributed by atoms with E-state index in [0.717, 1.165) is 23.7 Å². The summed E-state index contributed by atoms with van der Waals surface area (Å²) in [6, 6.07) is 7.75. The van der Waals surface area contributed by atoms with Crippen molar-refractivity contribution >= 4 is 23.4 Å². The molecule has 4 heteroatoms. The molecule has 16 heavy (non-hydrogen) atoms. The molecule has 0 heterocycles. The van der Waals surface area contributed by atoms with Gasteiger partial charge in [0.15, 0.2) is 0 Å². The maximum absolute atomic E-state index is 9.72. The SMILES string of the molecule is CN(C)CCC(O)SCc1ccc(Cl)cc1. The average Bonchev–Trinajstić information content (AvgIpc) is 2.25. The Labute approximate surface area is 107 Å². The molecular weight excluding hydrogens is 242 g/mol. The third-order valence-electron chi connectivity index (χ3n) is 2.18. The van der Waals surface area contributed by atoms with Crippen LogP contribution in [-0.2, 0) is 5.75 Å². The predicted octanol–water partition coefficient (Wildman–Crippen LogP) is 2.84. The van der Waals surface area contributed by atoms with E-state index in [0.29, 0.717) is 0 Å². The molecule has 0 saturated carbocycles. The second-order valence-corrected chi connectivity index (χ2v) is 5.59. The van der Waals surface area contributed by atoms with Gasteiger partial charge in [-0.2, -0.15) is 0 Å². The molecule has 1 aromatic rings. The van der Waals surface area contributed by atoms with Gasteiger partial charge in [-0.05, 0) is 38.2 Å². The molecule has 0 spiro atoms. The molecule has 1 rings (SSSR count). The molecule has 0 radical (unpaired) electrons. The van der Waals surface area contributed by atoms with E-state index < -0.39 is 0 Å². The molecule has 0 fully saturated rings. The summed E-state index contributed by atoms with van der Waals surface area (Å²) in [4.78, 5) is 2.08. The van der Waals surface area contributed by atoms with Gasteiger partial charge in [-0.15, -0.1) is 11.8 Å². The molecule has 0 aromatic heterocycles. The number of aliphatic hydroxyl groups is 1. The van der Waals surface area contributed by atoms with E-state index in [1.807, 2.05) is 38.4 Å². The van der Waals surface area contributed by atoms with Gasteiger partial charge in [-0.3, -0.25) is 0 Å². The van der Waals surface area contributed by atoms with E-state index in [9.17, 15) is 5.11 Å². The van der Waals surface area contributed by atoms with Crippen LogP contribution < -0.4 is 0 Å². The second-order valence-electron chi connectivity index (χ2n) is 3.98. The molecular formula is C12H18ClNOS. The maximum Gasteiger partial charge on any atom is 0.101 e. The van der Waals surface area contributed by atoms with Gasteiger partial charge in [0.1, 0.15) is 5.44 Å². The van der Waals surface area contributed by atoms with Gasteiger partial charge >= 0.3 is 0 Å². The Morgan fingerprint density at radius 3 is 2.50 bits per heavy atom. The maximum atomic E-state index is 9.72. The zero-order chi connectivity index (χ0) is 12.0. The Kier molecular flexibility index (Phi) is 6.21. The second kappa shape index (κ2) is 7.17. The number of rotatable bonds is 6. The minimum absolute atomic E-state index is 0.293. The molecule has 0 saturated heterocycles. The Morgan fingerprint density at radius 2 is 1.94 bits per heavy atom. The van der Waals surface area contributed by atoms with Gasteiger partial charge in [-0.1, -0.05) is 23.7 Å². The number of hydrogen-bond acceptors (Lipinski definition) is 3. The molecule has 1 atom stereocenters. The van der Waals surface area contributed by atoms with Crippen molar-refractivity contribution in [3.63, 3.8) is 0 Å². The van der Waals surface area contributed by atoms with Crippen molar-refractivity contribution in [2.45, 2.75) is 17.6 Å². The Hall–Kier alpha value is -0.220. The smallest absolute Gasteiger partial charge is 0.101 e. The summed E-state index contributed by atoms with van der Waals surface area (Å²) in [6.07, 6.45) is 0.797. The molecule has 0 bridgehead atoms. The van der Waals surface area contributed by atoms with Crippen LogP contribution in [0.25, 0.3) is 0 Å². The van der Waals surface area contributed by atoms with E-state index in [2.05, 4.69) is 4.90 Å². The molecule has 0 aliphatic carbocycles. The first-order valence-electron chi connectivity index (χ1n) is 5.27. The molecule has 0 aliphatic rings. The third-order valence-corrected chi connectivity index (χ3v) is 3.55. The highest BCUT2D eigenvalue weighted by molar-refractivity contribution is 7.98. The van der Waals surface area contributed by atoms with E-state index >= 15 is 0 Å². The molecule has 0 amide bonds. The van der Waals surface area contributed by atoms with Crippen LogP contribution in [0, 0.1) is 0 Å². The minimum atomic E-state index is -0.293. The van der Waals surface area contributed by atoms with E-state index in [1.165, 1.54) is 5.56 Å². The Morgan fingerprint density at radius 1 is 1.31 bits per heavy atom. The summed E-state index contributed by atoms with van der Waals surface area (Å²) < 4.78 is 0. The van der Waals surface area contributed by atoms with Gasteiger partial charge in [0.2, 0.25) is 0 Å². The topological polar surface area (TPSA) is 23.5 Å². The lowest BCUT2D eigenvalue weighted by Gasteiger charge is -2.13. The number of hydrogen-bond donors (Lipinski definition) is 1. The van der Waals surface area contributed by atoms with Crippen molar-refractivity contribution in [1.29, 1.82) is 0 Å². The summed E-state index contributed by atoms with van der Waals surface area (Å²) in [5.74, 6) is 0.825. The first-order chi connectivity index (χ1) is 7.58. The van der Waals surface area contributed by atoms with Crippen LogP contribution in [0.1, 0.15) is 12.0 Å². The van der Waals surface area contributed by atoms with Gasteiger partial charge in [-0.25, -0.2) is 0 Å². The largest absolute Gasteiger partial charge is 0.382 e. The summed E-state index contributed by atoms with van der Waals surface area (Å²) in [5.41, 5.74) is 0.899. The first-order valence-corrected chi connectivity index (χ1v) is 6.69. The standard InChI is InChI=1S/C12H18ClNOS/c1-14(2)8-7-12(15)16-9-10-3-5-11(13)6-4-10/h3-6,12,15H,7-9H2,1-2H3. The first kappa shape index (κ1) is 13.8. The van der Waals surface area contributed by atoms with Crippen LogP contribution in [0.3, 0.4) is 0 Å². The summed E-state index contributed by atoms with van der Waals surface area (Å²) in [7, 11) is 4.02. The van der Waals surface area contributed by atoms with Crippen molar-refractivity contribution in [2.24, 2.45) is 0 Å². The number of benzene rings is 1. The summed E-state index contributed by atoms with van der Waals surface area (Å²) in [6.45, 7) is 0.911. The highest BCUT2D eigenvalue weighted by Crippen LogP contribution is 2.19. The minimum Gasteiger partial charge on any atom is -0.382 e. The van der Waals surface area contributed by atoms with Crippen LogP contribution in [0.4, 0.5) is 0 Å². The lowest BCUT2D eigenvalue weighted by Crippen LogP contribution is -2.17. The molecule has 1 N–H and O–H groups in total. The molecule has 1 aromatic carbocycles. The molecule has 0 aliphatic heterocycles. The number of thioether (sulfide) groups is 1. The van der Waals surface area contributed by atoms with Crippen LogP contribution in [0.5, 0.6) is 0 Å². The van der Waals surface area contributed by atoms with E-state index in [-0.39, 0.29) is 5.44 Å². The fourth-order valence-corrected chi connectivity index (χ4v) is 2.20. The lowest BCUT2D eigenvalue weighted by atomic mass is 10.2. The van der Waals surface area contributed by atoms with Crippen LogP contribution >= 0.6 is 23.4 Å².